The Kier molecular flexibility index (Phi) is 8.16. The molecule has 1 aliphatic heterocycles. The van der Waals surface area contributed by atoms with Crippen LogP contribution in [0.25, 0.3) is 22.0 Å². The molecule has 1 fully saturated rings. The molecule has 1 saturated heterocycles. The van der Waals surface area contributed by atoms with Crippen molar-refractivity contribution in [1.82, 2.24) is 19.4 Å². The second-order valence-corrected chi connectivity index (χ2v) is 9.57. The number of anilines is 1. The largest absolute Gasteiger partial charge is 0.496 e. The summed E-state index contributed by atoms with van der Waals surface area (Å²) in [5.41, 5.74) is 4.17. The molecule has 0 unspecified atom stereocenters. The van der Waals surface area contributed by atoms with Crippen molar-refractivity contribution >= 4 is 16.7 Å². The van der Waals surface area contributed by atoms with Crippen LogP contribution in [0, 0.1) is 13.8 Å². The van der Waals surface area contributed by atoms with Crippen LogP contribution < -0.4 is 20.3 Å². The van der Waals surface area contributed by atoms with Gasteiger partial charge in [-0.2, -0.15) is 0 Å². The fraction of sp³-hybridized carbons (Fsp3) is 0.500. The zero-order valence-corrected chi connectivity index (χ0v) is 22.5. The third-order valence-electron chi connectivity index (χ3n) is 7.31. The van der Waals surface area contributed by atoms with Gasteiger partial charge in [0.15, 0.2) is 0 Å². The molecule has 0 atom stereocenters. The van der Waals surface area contributed by atoms with E-state index in [9.17, 15) is 4.79 Å². The molecule has 2 aromatic heterocycles. The summed E-state index contributed by atoms with van der Waals surface area (Å²) in [7, 11) is 5.45. The number of nitrogens with one attached hydrogen (secondary N) is 1. The van der Waals surface area contributed by atoms with Gasteiger partial charge in [0, 0.05) is 74.1 Å². The average Bonchev–Trinajstić information content (AvgIpc) is 2.88. The fourth-order valence-corrected chi connectivity index (χ4v) is 5.14. The van der Waals surface area contributed by atoms with Crippen LogP contribution in [0.1, 0.15) is 24.5 Å². The van der Waals surface area contributed by atoms with E-state index in [-0.39, 0.29) is 5.56 Å². The lowest BCUT2D eigenvalue weighted by molar-refractivity contribution is 0.154. The minimum atomic E-state index is -0.0290. The van der Waals surface area contributed by atoms with Gasteiger partial charge in [-0.1, -0.05) is 0 Å². The summed E-state index contributed by atoms with van der Waals surface area (Å²) < 4.78 is 13.0. The minimum Gasteiger partial charge on any atom is -0.496 e. The lowest BCUT2D eigenvalue weighted by Gasteiger charge is -2.32. The number of benzene rings is 1. The predicted octanol–water partition coefficient (Wildman–Crippen LogP) is 3.77. The molecule has 8 heteroatoms. The number of fused-ring (bicyclic) bond motifs is 1. The van der Waals surface area contributed by atoms with E-state index in [1.807, 2.05) is 49.7 Å². The normalized spacial score (nSPS) is 14.8. The van der Waals surface area contributed by atoms with E-state index < -0.39 is 0 Å². The number of rotatable bonds is 9. The number of hydrogen-bond acceptors (Lipinski definition) is 7. The maximum atomic E-state index is 13.7. The summed E-state index contributed by atoms with van der Waals surface area (Å²) in [6.07, 6.45) is 2.91. The molecule has 1 aliphatic rings. The molecular formula is C28H39N5O3. The molecule has 36 heavy (non-hydrogen) atoms. The molecule has 8 nitrogen and oxygen atoms in total. The van der Waals surface area contributed by atoms with E-state index in [4.69, 9.17) is 9.47 Å². The summed E-state index contributed by atoms with van der Waals surface area (Å²) in [4.78, 5) is 23.3. The van der Waals surface area contributed by atoms with Gasteiger partial charge in [-0.3, -0.25) is 4.79 Å². The number of piperazine rings is 1. The van der Waals surface area contributed by atoms with E-state index >= 15 is 0 Å². The highest BCUT2D eigenvalue weighted by molar-refractivity contribution is 5.87. The lowest BCUT2D eigenvalue weighted by Crippen LogP contribution is -2.44. The molecule has 0 aliphatic carbocycles. The maximum Gasteiger partial charge on any atom is 0.258 e. The highest BCUT2D eigenvalue weighted by Crippen LogP contribution is 2.38. The summed E-state index contributed by atoms with van der Waals surface area (Å²) in [6.45, 7) is 13.0. The average molecular weight is 494 g/mol. The van der Waals surface area contributed by atoms with Crippen molar-refractivity contribution in [3.8, 4) is 22.6 Å². The summed E-state index contributed by atoms with van der Waals surface area (Å²) in [5, 5.41) is 4.38. The SMILES string of the molecule is CCn1c(=O)c(-c2c(C)c(OC)cc(OC)c2C)cc2cnc(NCCCN3CCN(C)CC3)cc21. The number of aromatic nitrogens is 2. The number of nitrogens with zero attached hydrogens (tertiary/aromatic N) is 4. The van der Waals surface area contributed by atoms with Crippen LogP contribution in [0.4, 0.5) is 5.82 Å². The van der Waals surface area contributed by atoms with Crippen LogP contribution in [0.2, 0.25) is 0 Å². The van der Waals surface area contributed by atoms with Crippen molar-refractivity contribution in [1.29, 1.82) is 0 Å². The number of likely N-dealkylation sites (N-methyl/N-ethyl adjacent to an activating group) is 1. The van der Waals surface area contributed by atoms with Crippen molar-refractivity contribution in [3.05, 3.63) is 45.9 Å². The smallest absolute Gasteiger partial charge is 0.258 e. The second kappa shape index (κ2) is 11.3. The standard InChI is InChI=1S/C28H39N5O3/c1-7-33-23-16-26(29-9-8-10-32-13-11-31(4)12-14-32)30-18-21(23)15-22(28(33)34)27-19(2)24(35-5)17-25(36-6)20(27)3/h15-18H,7-14H2,1-6H3,(H,29,30). The fourth-order valence-electron chi connectivity index (χ4n) is 5.14. The van der Waals surface area contributed by atoms with Gasteiger partial charge in [0.2, 0.25) is 0 Å². The third kappa shape index (κ3) is 5.20. The Hall–Kier alpha value is -3.10. The molecule has 1 aromatic carbocycles. The van der Waals surface area contributed by atoms with Crippen molar-refractivity contribution < 1.29 is 9.47 Å². The molecule has 0 saturated carbocycles. The highest BCUT2D eigenvalue weighted by atomic mass is 16.5. The maximum absolute atomic E-state index is 13.7. The van der Waals surface area contributed by atoms with Crippen molar-refractivity contribution in [2.24, 2.45) is 0 Å². The van der Waals surface area contributed by atoms with E-state index in [1.54, 1.807) is 14.2 Å². The summed E-state index contributed by atoms with van der Waals surface area (Å²) in [6, 6.07) is 5.81. The van der Waals surface area contributed by atoms with Crippen LogP contribution in [0.3, 0.4) is 0 Å². The molecule has 0 radical (unpaired) electrons. The molecule has 3 aromatic rings. The number of hydrogen-bond donors (Lipinski definition) is 1. The van der Waals surface area contributed by atoms with Gasteiger partial charge in [-0.25, -0.2) is 4.98 Å². The van der Waals surface area contributed by atoms with Crippen molar-refractivity contribution in [2.45, 2.75) is 33.7 Å². The van der Waals surface area contributed by atoms with Gasteiger partial charge in [-0.15, -0.1) is 0 Å². The Bertz CT molecular complexity index is 1250. The summed E-state index contributed by atoms with van der Waals surface area (Å²) in [5.74, 6) is 2.19. The predicted molar refractivity (Wildman–Crippen MR) is 147 cm³/mol. The number of pyridine rings is 2. The first-order chi connectivity index (χ1) is 17.4. The Morgan fingerprint density at radius 2 is 1.67 bits per heavy atom. The first-order valence-corrected chi connectivity index (χ1v) is 12.8. The van der Waals surface area contributed by atoms with Crippen LogP contribution >= 0.6 is 0 Å². The van der Waals surface area contributed by atoms with Crippen LogP contribution in [-0.2, 0) is 6.54 Å². The highest BCUT2D eigenvalue weighted by Gasteiger charge is 2.20. The Labute approximate surface area is 213 Å². The van der Waals surface area contributed by atoms with E-state index in [1.165, 1.54) is 0 Å². The molecule has 0 spiro atoms. The summed E-state index contributed by atoms with van der Waals surface area (Å²) >= 11 is 0. The van der Waals surface area contributed by atoms with E-state index in [0.29, 0.717) is 23.6 Å². The first-order valence-electron chi connectivity index (χ1n) is 12.8. The monoisotopic (exact) mass is 493 g/mol. The lowest BCUT2D eigenvalue weighted by atomic mass is 9.94. The van der Waals surface area contributed by atoms with E-state index in [2.05, 4.69) is 27.1 Å². The number of ether oxygens (including phenoxy) is 2. The second-order valence-electron chi connectivity index (χ2n) is 9.57. The molecule has 0 bridgehead atoms. The third-order valence-corrected chi connectivity index (χ3v) is 7.31. The minimum absolute atomic E-state index is 0.0290. The number of aryl methyl sites for hydroxylation is 1. The van der Waals surface area contributed by atoms with Crippen LogP contribution in [0.15, 0.2) is 29.2 Å². The molecule has 194 valence electrons. The quantitative estimate of drug-likeness (QED) is 0.455. The molecule has 4 rings (SSSR count). The van der Waals surface area contributed by atoms with Gasteiger partial charge < -0.3 is 29.2 Å². The Morgan fingerprint density at radius 1 is 1.00 bits per heavy atom. The van der Waals surface area contributed by atoms with Crippen LogP contribution in [-0.4, -0.2) is 79.9 Å². The van der Waals surface area contributed by atoms with Gasteiger partial charge in [0.1, 0.15) is 17.3 Å². The van der Waals surface area contributed by atoms with Gasteiger partial charge in [0.05, 0.1) is 19.7 Å². The Morgan fingerprint density at radius 3 is 2.28 bits per heavy atom. The van der Waals surface area contributed by atoms with Crippen molar-refractivity contribution in [2.75, 3.05) is 65.9 Å². The van der Waals surface area contributed by atoms with E-state index in [0.717, 1.165) is 79.1 Å². The van der Waals surface area contributed by atoms with Gasteiger partial charge in [0.25, 0.3) is 5.56 Å². The molecule has 0 amide bonds. The van der Waals surface area contributed by atoms with Crippen LogP contribution in [0.5, 0.6) is 11.5 Å². The zero-order valence-electron chi connectivity index (χ0n) is 22.5. The van der Waals surface area contributed by atoms with Gasteiger partial charge >= 0.3 is 0 Å². The molecule has 3 heterocycles. The van der Waals surface area contributed by atoms with Crippen molar-refractivity contribution in [3.63, 3.8) is 0 Å². The molecule has 1 N–H and O–H groups in total. The number of methoxy groups -OCH3 is 2. The zero-order chi connectivity index (χ0) is 25.8. The molecular weight excluding hydrogens is 454 g/mol. The first kappa shape index (κ1) is 26.0. The topological polar surface area (TPSA) is 71.9 Å². The Balaban J connectivity index is 1.61. The van der Waals surface area contributed by atoms with Gasteiger partial charge in [-0.05, 0) is 58.0 Å².